The van der Waals surface area contributed by atoms with Crippen molar-refractivity contribution < 1.29 is 29.3 Å². The maximum atomic E-state index is 12.6. The smallest absolute Gasteiger partial charge is 0.407 e. The van der Waals surface area contributed by atoms with Crippen molar-refractivity contribution in [3.05, 3.63) is 82.4 Å². The highest BCUT2D eigenvalue weighted by atomic mass is 16.5. The first-order chi connectivity index (χ1) is 16.3. The molecule has 176 valence electrons. The largest absolute Gasteiger partial charge is 0.508 e. The number of hydrogen-bond donors (Lipinski definition) is 3. The first-order valence-electron chi connectivity index (χ1n) is 11.0. The Kier molecular flexibility index (Phi) is 6.45. The van der Waals surface area contributed by atoms with Gasteiger partial charge in [0, 0.05) is 17.9 Å². The van der Waals surface area contributed by atoms with E-state index in [-0.39, 0.29) is 24.7 Å². The number of carboxylic acids is 1. The second-order valence-corrected chi connectivity index (χ2v) is 8.41. The molecule has 7 nitrogen and oxygen atoms in total. The van der Waals surface area contributed by atoms with Gasteiger partial charge in [-0.2, -0.15) is 0 Å². The SMILES string of the molecule is COc1c(C)cc(O)c(CC(NC(=O)OCC2c3ccccc3-c3ccccc32)C(=O)O)c1C. The zero-order valence-electron chi connectivity index (χ0n) is 19.3. The number of ether oxygens (including phenoxy) is 2. The molecule has 0 saturated heterocycles. The predicted octanol–water partition coefficient (Wildman–Crippen LogP) is 4.55. The lowest BCUT2D eigenvalue weighted by Gasteiger charge is -2.20. The minimum Gasteiger partial charge on any atom is -0.508 e. The molecule has 0 saturated carbocycles. The van der Waals surface area contributed by atoms with Crippen LogP contribution in [0.4, 0.5) is 4.79 Å². The van der Waals surface area contributed by atoms with Gasteiger partial charge in [0.25, 0.3) is 0 Å². The number of phenols is 1. The molecular weight excluding hydrogens is 434 g/mol. The van der Waals surface area contributed by atoms with Crippen molar-refractivity contribution in [3.63, 3.8) is 0 Å². The fraction of sp³-hybridized carbons (Fsp3) is 0.259. The van der Waals surface area contributed by atoms with Gasteiger partial charge in [-0.3, -0.25) is 0 Å². The first-order valence-corrected chi connectivity index (χ1v) is 11.0. The average molecular weight is 462 g/mol. The van der Waals surface area contributed by atoms with E-state index in [1.54, 1.807) is 13.8 Å². The Labute approximate surface area is 198 Å². The van der Waals surface area contributed by atoms with Crippen LogP contribution in [0, 0.1) is 13.8 Å². The number of hydrogen-bond acceptors (Lipinski definition) is 5. The van der Waals surface area contributed by atoms with Crippen molar-refractivity contribution in [1.29, 1.82) is 0 Å². The summed E-state index contributed by atoms with van der Waals surface area (Å²) in [5.41, 5.74) is 6.11. The number of alkyl carbamates (subject to hydrolysis) is 1. The molecule has 1 atom stereocenters. The molecule has 3 N–H and O–H groups in total. The Bertz CT molecular complexity index is 1210. The minimum atomic E-state index is -1.28. The second kappa shape index (κ2) is 9.47. The van der Waals surface area contributed by atoms with Crippen molar-refractivity contribution in [2.45, 2.75) is 32.2 Å². The van der Waals surface area contributed by atoms with Crippen LogP contribution in [-0.2, 0) is 16.0 Å². The highest BCUT2D eigenvalue weighted by Crippen LogP contribution is 2.44. The zero-order valence-corrected chi connectivity index (χ0v) is 19.3. The Morgan fingerprint density at radius 2 is 1.62 bits per heavy atom. The summed E-state index contributed by atoms with van der Waals surface area (Å²) in [4.78, 5) is 24.5. The van der Waals surface area contributed by atoms with Crippen molar-refractivity contribution in [3.8, 4) is 22.6 Å². The Hall–Kier alpha value is -4.00. The third kappa shape index (κ3) is 4.29. The van der Waals surface area contributed by atoms with Gasteiger partial charge >= 0.3 is 12.1 Å². The molecule has 4 rings (SSSR count). The quantitative estimate of drug-likeness (QED) is 0.477. The number of benzene rings is 3. The van der Waals surface area contributed by atoms with E-state index in [0.29, 0.717) is 16.9 Å². The van der Waals surface area contributed by atoms with Gasteiger partial charge in [-0.25, -0.2) is 9.59 Å². The summed E-state index contributed by atoms with van der Waals surface area (Å²) in [6.45, 7) is 3.61. The van der Waals surface area contributed by atoms with E-state index in [2.05, 4.69) is 5.32 Å². The van der Waals surface area contributed by atoms with E-state index in [0.717, 1.165) is 27.8 Å². The fourth-order valence-corrected chi connectivity index (χ4v) is 4.74. The molecule has 34 heavy (non-hydrogen) atoms. The van der Waals surface area contributed by atoms with Gasteiger partial charge < -0.3 is 25.0 Å². The number of rotatable bonds is 7. The molecule has 1 aliphatic rings. The van der Waals surface area contributed by atoms with Crippen LogP contribution in [0.3, 0.4) is 0 Å². The van der Waals surface area contributed by atoms with Gasteiger partial charge in [0.15, 0.2) is 0 Å². The van der Waals surface area contributed by atoms with Gasteiger partial charge in [-0.1, -0.05) is 48.5 Å². The van der Waals surface area contributed by atoms with E-state index in [9.17, 15) is 19.8 Å². The number of fused-ring (bicyclic) bond motifs is 3. The van der Waals surface area contributed by atoms with Crippen LogP contribution >= 0.6 is 0 Å². The van der Waals surface area contributed by atoms with Gasteiger partial charge in [0.05, 0.1) is 7.11 Å². The number of carboxylic acid groups (broad SMARTS) is 1. The number of carbonyl (C=O) groups excluding carboxylic acids is 1. The molecule has 0 radical (unpaired) electrons. The van der Waals surface area contributed by atoms with E-state index in [1.807, 2.05) is 48.5 Å². The average Bonchev–Trinajstić information content (AvgIpc) is 3.13. The molecule has 1 aliphatic carbocycles. The number of aromatic hydroxyl groups is 1. The zero-order chi connectivity index (χ0) is 24.4. The summed E-state index contributed by atoms with van der Waals surface area (Å²) >= 11 is 0. The highest BCUT2D eigenvalue weighted by molar-refractivity contribution is 5.81. The lowest BCUT2D eigenvalue weighted by molar-refractivity contribution is -0.139. The monoisotopic (exact) mass is 461 g/mol. The fourth-order valence-electron chi connectivity index (χ4n) is 4.74. The van der Waals surface area contributed by atoms with Crippen molar-refractivity contribution in [2.24, 2.45) is 0 Å². The molecule has 0 aliphatic heterocycles. The van der Waals surface area contributed by atoms with Crippen LogP contribution in [0.2, 0.25) is 0 Å². The summed E-state index contributed by atoms with van der Waals surface area (Å²) < 4.78 is 10.9. The van der Waals surface area contributed by atoms with Crippen LogP contribution in [0.1, 0.15) is 33.7 Å². The van der Waals surface area contributed by atoms with E-state index < -0.39 is 18.1 Å². The van der Waals surface area contributed by atoms with Gasteiger partial charge in [0.1, 0.15) is 24.1 Å². The van der Waals surface area contributed by atoms with Crippen LogP contribution in [0.25, 0.3) is 11.1 Å². The summed E-state index contributed by atoms with van der Waals surface area (Å²) in [6.07, 6.45) is -0.945. The molecule has 0 bridgehead atoms. The van der Waals surface area contributed by atoms with Gasteiger partial charge in [-0.05, 0) is 53.3 Å². The van der Waals surface area contributed by atoms with Crippen LogP contribution in [0.5, 0.6) is 11.5 Å². The standard InChI is InChI=1S/C27H27NO6/c1-15-12-24(29)21(16(2)25(15)33-3)13-23(26(30)31)28-27(32)34-14-22-19-10-6-4-8-17(19)18-9-5-7-11-20(18)22/h4-12,22-23,29H,13-14H2,1-3H3,(H,28,32)(H,30,31). The maximum absolute atomic E-state index is 12.6. The number of carbonyl (C=O) groups is 2. The molecule has 0 fully saturated rings. The number of aliphatic carboxylic acids is 1. The number of methoxy groups -OCH3 is 1. The van der Waals surface area contributed by atoms with E-state index >= 15 is 0 Å². The normalized spacial score (nSPS) is 13.0. The van der Waals surface area contributed by atoms with Crippen LogP contribution in [0.15, 0.2) is 54.6 Å². The second-order valence-electron chi connectivity index (χ2n) is 8.41. The van der Waals surface area contributed by atoms with Crippen LogP contribution < -0.4 is 10.1 Å². The Balaban J connectivity index is 1.48. The third-order valence-corrected chi connectivity index (χ3v) is 6.36. The lowest BCUT2D eigenvalue weighted by Crippen LogP contribution is -2.43. The van der Waals surface area contributed by atoms with Crippen molar-refractivity contribution >= 4 is 12.1 Å². The molecule has 0 heterocycles. The summed E-state index contributed by atoms with van der Waals surface area (Å²) in [7, 11) is 1.51. The molecule has 1 unspecified atom stereocenters. The van der Waals surface area contributed by atoms with Gasteiger partial charge in [0.2, 0.25) is 0 Å². The minimum absolute atomic E-state index is 0.0450. The number of phenolic OH excluding ortho intramolecular Hbond substituents is 1. The summed E-state index contributed by atoms with van der Waals surface area (Å²) in [5, 5.41) is 22.5. The maximum Gasteiger partial charge on any atom is 0.407 e. The molecule has 3 aromatic rings. The summed E-state index contributed by atoms with van der Waals surface area (Å²) in [5.74, 6) is -0.838. The topological polar surface area (TPSA) is 105 Å². The highest BCUT2D eigenvalue weighted by Gasteiger charge is 2.30. The lowest BCUT2D eigenvalue weighted by atomic mass is 9.96. The summed E-state index contributed by atoms with van der Waals surface area (Å²) in [6, 6.07) is 16.2. The Morgan fingerprint density at radius 1 is 1.03 bits per heavy atom. The van der Waals surface area contributed by atoms with E-state index in [4.69, 9.17) is 9.47 Å². The third-order valence-electron chi connectivity index (χ3n) is 6.36. The predicted molar refractivity (Wildman–Crippen MR) is 127 cm³/mol. The molecule has 0 spiro atoms. The molecular formula is C27H27NO6. The Morgan fingerprint density at radius 3 is 2.18 bits per heavy atom. The van der Waals surface area contributed by atoms with Gasteiger partial charge in [-0.15, -0.1) is 0 Å². The van der Waals surface area contributed by atoms with E-state index in [1.165, 1.54) is 13.2 Å². The molecule has 3 aromatic carbocycles. The number of aryl methyl sites for hydroxylation is 1. The number of amides is 1. The number of nitrogens with one attached hydrogen (secondary N) is 1. The first kappa shape index (κ1) is 23.2. The van der Waals surface area contributed by atoms with Crippen molar-refractivity contribution in [2.75, 3.05) is 13.7 Å². The molecule has 1 amide bonds. The van der Waals surface area contributed by atoms with Crippen molar-refractivity contribution in [1.82, 2.24) is 5.32 Å². The molecule has 0 aromatic heterocycles. The molecule has 7 heteroatoms. The van der Waals surface area contributed by atoms with Crippen LogP contribution in [-0.4, -0.2) is 42.0 Å².